The Morgan fingerprint density at radius 1 is 0.778 bits per heavy atom. The van der Waals surface area contributed by atoms with E-state index in [4.69, 9.17) is 46.4 Å². The van der Waals surface area contributed by atoms with Crippen LogP contribution in [0.15, 0.2) is 75.4 Å². The third-order valence-electron chi connectivity index (χ3n) is 3.44. The zero-order valence-electron chi connectivity index (χ0n) is 13.4. The molecule has 0 fully saturated rings. The second-order valence-electron chi connectivity index (χ2n) is 5.35. The van der Waals surface area contributed by atoms with E-state index in [1.807, 2.05) is 24.3 Å². The van der Waals surface area contributed by atoms with E-state index in [-0.39, 0.29) is 20.0 Å². The average Bonchev–Trinajstić information content (AvgIpc) is 2.61. The second-order valence-corrected chi connectivity index (χ2v) is 9.78. The molecule has 0 spiro atoms. The molecule has 0 saturated heterocycles. The van der Waals surface area contributed by atoms with Gasteiger partial charge in [0.25, 0.3) is 10.0 Å². The van der Waals surface area contributed by atoms with Gasteiger partial charge in [-0.1, -0.05) is 70.3 Å². The molecule has 0 heterocycles. The van der Waals surface area contributed by atoms with Crippen molar-refractivity contribution in [3.63, 3.8) is 0 Å². The third kappa shape index (κ3) is 5.05. The zero-order valence-corrected chi connectivity index (χ0v) is 18.1. The Balaban J connectivity index is 1.94. The predicted molar refractivity (Wildman–Crippen MR) is 114 cm³/mol. The highest BCUT2D eigenvalue weighted by Gasteiger charge is 2.21. The van der Waals surface area contributed by atoms with Gasteiger partial charge in [0.2, 0.25) is 0 Å². The minimum atomic E-state index is -3.96. The van der Waals surface area contributed by atoms with Gasteiger partial charge in [0.15, 0.2) is 0 Å². The highest BCUT2D eigenvalue weighted by Crippen LogP contribution is 2.37. The summed E-state index contributed by atoms with van der Waals surface area (Å²) in [6.45, 7) is 0. The molecule has 27 heavy (non-hydrogen) atoms. The van der Waals surface area contributed by atoms with Crippen LogP contribution in [0.5, 0.6) is 0 Å². The van der Waals surface area contributed by atoms with E-state index in [9.17, 15) is 8.42 Å². The van der Waals surface area contributed by atoms with Crippen molar-refractivity contribution in [2.45, 2.75) is 14.7 Å². The summed E-state index contributed by atoms with van der Waals surface area (Å²) >= 11 is 25.2. The van der Waals surface area contributed by atoms with Crippen LogP contribution < -0.4 is 4.72 Å². The molecule has 140 valence electrons. The first-order valence-corrected chi connectivity index (χ1v) is 11.3. The molecule has 0 bridgehead atoms. The molecule has 0 aliphatic carbocycles. The van der Waals surface area contributed by atoms with Crippen LogP contribution in [0.3, 0.4) is 0 Å². The van der Waals surface area contributed by atoms with Crippen LogP contribution >= 0.6 is 58.2 Å². The SMILES string of the molecule is O=S(=O)(Nc1ccccc1Sc1ccc(Cl)cc1)c1cc(Cl)c(Cl)cc1Cl. The highest BCUT2D eigenvalue weighted by atomic mass is 35.5. The van der Waals surface area contributed by atoms with Crippen molar-refractivity contribution >= 4 is 73.9 Å². The van der Waals surface area contributed by atoms with Crippen LogP contribution in [0, 0.1) is 0 Å². The van der Waals surface area contributed by atoms with E-state index >= 15 is 0 Å². The maximum absolute atomic E-state index is 12.8. The lowest BCUT2D eigenvalue weighted by molar-refractivity contribution is 0.601. The van der Waals surface area contributed by atoms with Crippen molar-refractivity contribution in [3.05, 3.63) is 80.8 Å². The number of benzene rings is 3. The summed E-state index contributed by atoms with van der Waals surface area (Å²) in [5.74, 6) is 0. The fourth-order valence-electron chi connectivity index (χ4n) is 2.18. The average molecular weight is 479 g/mol. The molecule has 0 aromatic heterocycles. The summed E-state index contributed by atoms with van der Waals surface area (Å²) in [6.07, 6.45) is 0. The van der Waals surface area contributed by atoms with Crippen LogP contribution in [0.25, 0.3) is 0 Å². The zero-order chi connectivity index (χ0) is 19.6. The monoisotopic (exact) mass is 477 g/mol. The Morgan fingerprint density at radius 3 is 2.11 bits per heavy atom. The quantitative estimate of drug-likeness (QED) is 0.392. The van der Waals surface area contributed by atoms with E-state index in [1.54, 1.807) is 24.3 Å². The van der Waals surface area contributed by atoms with E-state index in [2.05, 4.69) is 4.72 Å². The molecule has 0 aliphatic rings. The third-order valence-corrected chi connectivity index (χ3v) is 7.33. The molecule has 0 radical (unpaired) electrons. The van der Waals surface area contributed by atoms with Crippen molar-refractivity contribution in [2.24, 2.45) is 0 Å². The van der Waals surface area contributed by atoms with Gasteiger partial charge in [0, 0.05) is 14.8 Å². The molecule has 0 unspecified atom stereocenters. The molecule has 3 aromatic rings. The maximum Gasteiger partial charge on any atom is 0.263 e. The van der Waals surface area contributed by atoms with Gasteiger partial charge in [-0.3, -0.25) is 4.72 Å². The topological polar surface area (TPSA) is 46.2 Å². The molecule has 0 atom stereocenters. The van der Waals surface area contributed by atoms with Crippen LogP contribution in [0.1, 0.15) is 0 Å². The van der Waals surface area contributed by atoms with Gasteiger partial charge in [-0.15, -0.1) is 0 Å². The van der Waals surface area contributed by atoms with Gasteiger partial charge < -0.3 is 0 Å². The highest BCUT2D eigenvalue weighted by molar-refractivity contribution is 7.99. The Hall–Kier alpha value is -1.08. The first-order chi connectivity index (χ1) is 12.8. The van der Waals surface area contributed by atoms with Crippen molar-refractivity contribution in [1.29, 1.82) is 0 Å². The first-order valence-electron chi connectivity index (χ1n) is 7.46. The standard InChI is InChI=1S/C18H11Cl4NO2S2/c19-11-5-7-12(8-6-11)26-17-4-2-1-3-16(17)23-27(24,25)18-10-14(21)13(20)9-15(18)22/h1-10,23H. The number of hydrogen-bond donors (Lipinski definition) is 1. The molecule has 0 saturated carbocycles. The van der Waals surface area contributed by atoms with Crippen LogP contribution in [-0.4, -0.2) is 8.42 Å². The summed E-state index contributed by atoms with van der Waals surface area (Å²) in [7, 11) is -3.96. The lowest BCUT2D eigenvalue weighted by Crippen LogP contribution is -2.14. The van der Waals surface area contributed by atoms with Crippen LogP contribution in [0.2, 0.25) is 20.1 Å². The summed E-state index contributed by atoms with van der Waals surface area (Å²) in [4.78, 5) is 1.49. The minimum Gasteiger partial charge on any atom is -0.278 e. The van der Waals surface area contributed by atoms with Crippen molar-refractivity contribution in [1.82, 2.24) is 0 Å². The van der Waals surface area contributed by atoms with Crippen molar-refractivity contribution in [2.75, 3.05) is 4.72 Å². The number of rotatable bonds is 5. The minimum absolute atomic E-state index is 0.0141. The molecule has 0 aliphatic heterocycles. The molecule has 3 aromatic carbocycles. The Morgan fingerprint density at radius 2 is 1.41 bits per heavy atom. The number of para-hydroxylation sites is 1. The number of sulfonamides is 1. The van der Waals surface area contributed by atoms with E-state index in [1.165, 1.54) is 23.9 Å². The summed E-state index contributed by atoms with van der Waals surface area (Å²) in [6, 6.07) is 16.8. The molecule has 9 heteroatoms. The fraction of sp³-hybridized carbons (Fsp3) is 0. The summed E-state index contributed by atoms with van der Waals surface area (Å²) in [5.41, 5.74) is 0.416. The Bertz CT molecular complexity index is 1090. The number of hydrogen-bond acceptors (Lipinski definition) is 3. The smallest absolute Gasteiger partial charge is 0.263 e. The molecule has 1 N–H and O–H groups in total. The number of halogens is 4. The Labute approximate surface area is 181 Å². The van der Waals surface area contributed by atoms with E-state index in [0.717, 1.165) is 9.79 Å². The van der Waals surface area contributed by atoms with Crippen LogP contribution in [-0.2, 0) is 10.0 Å². The van der Waals surface area contributed by atoms with Gasteiger partial charge >= 0.3 is 0 Å². The van der Waals surface area contributed by atoms with Gasteiger partial charge in [0.1, 0.15) is 4.90 Å². The second kappa shape index (κ2) is 8.52. The van der Waals surface area contributed by atoms with Crippen molar-refractivity contribution in [3.8, 4) is 0 Å². The summed E-state index contributed by atoms with van der Waals surface area (Å²) < 4.78 is 28.2. The van der Waals surface area contributed by atoms with Gasteiger partial charge in [0.05, 0.1) is 20.8 Å². The predicted octanol–water partition coefficient (Wildman–Crippen LogP) is 7.25. The largest absolute Gasteiger partial charge is 0.278 e. The van der Waals surface area contributed by atoms with E-state index in [0.29, 0.717) is 10.7 Å². The first kappa shape index (κ1) is 20.6. The fourth-order valence-corrected chi connectivity index (χ4v) is 5.35. The summed E-state index contributed by atoms with van der Waals surface area (Å²) in [5, 5.41) is 0.895. The maximum atomic E-state index is 12.8. The molecule has 0 amide bonds. The number of anilines is 1. The number of nitrogens with one attached hydrogen (secondary N) is 1. The lowest BCUT2D eigenvalue weighted by atomic mass is 10.3. The Kier molecular flexibility index (Phi) is 6.51. The van der Waals surface area contributed by atoms with Crippen molar-refractivity contribution < 1.29 is 8.42 Å². The lowest BCUT2D eigenvalue weighted by Gasteiger charge is -2.14. The van der Waals surface area contributed by atoms with Crippen LogP contribution in [0.4, 0.5) is 5.69 Å². The van der Waals surface area contributed by atoms with E-state index < -0.39 is 10.0 Å². The molecule has 3 nitrogen and oxygen atoms in total. The van der Waals surface area contributed by atoms with Gasteiger partial charge in [-0.2, -0.15) is 0 Å². The normalized spacial score (nSPS) is 11.4. The molecular weight excluding hydrogens is 468 g/mol. The molecule has 3 rings (SSSR count). The van der Waals surface area contributed by atoms with Gasteiger partial charge in [-0.25, -0.2) is 8.42 Å². The van der Waals surface area contributed by atoms with Gasteiger partial charge in [-0.05, 0) is 48.5 Å². The molecular formula is C18H11Cl4NO2S2.